The number of carbonyl (C=O) groups excluding carboxylic acids is 1. The van der Waals surface area contributed by atoms with Gasteiger partial charge in [-0.2, -0.15) is 0 Å². The van der Waals surface area contributed by atoms with Crippen molar-refractivity contribution < 1.29 is 4.79 Å². The average molecular weight is 358 g/mol. The van der Waals surface area contributed by atoms with Crippen LogP contribution < -0.4 is 11.3 Å². The Labute approximate surface area is 146 Å². The Morgan fingerprint density at radius 3 is 2.71 bits per heavy atom. The van der Waals surface area contributed by atoms with Crippen molar-refractivity contribution in [3.05, 3.63) is 68.7 Å². The maximum atomic E-state index is 12.7. The SMILES string of the molecule is C=CCn1c(=S)sc2c(=O)n(Cc3ccc(C(N)=O)cc3)cnc21. The fraction of sp³-hybridized carbons (Fsp3) is 0.125. The Morgan fingerprint density at radius 1 is 1.38 bits per heavy atom. The molecule has 0 saturated carbocycles. The molecule has 2 aromatic heterocycles. The highest BCUT2D eigenvalue weighted by Gasteiger charge is 2.11. The Balaban J connectivity index is 2.00. The zero-order valence-electron chi connectivity index (χ0n) is 12.6. The van der Waals surface area contributed by atoms with Crippen molar-refractivity contribution >= 4 is 39.8 Å². The lowest BCUT2D eigenvalue weighted by Crippen LogP contribution is -2.21. The molecule has 3 aromatic rings. The first kappa shape index (κ1) is 16.3. The molecule has 0 aliphatic rings. The molecule has 0 atom stereocenters. The van der Waals surface area contributed by atoms with E-state index in [0.717, 1.165) is 5.56 Å². The van der Waals surface area contributed by atoms with Crippen LogP contribution in [0.15, 0.2) is 48.0 Å². The topological polar surface area (TPSA) is 82.9 Å². The Kier molecular flexibility index (Phi) is 4.41. The standard InChI is InChI=1S/C16H14N4O2S2/c1-2-7-20-14-12(24-16(20)23)15(22)19(9-18-14)8-10-3-5-11(6-4-10)13(17)21/h2-6,9H,1,7-8H2,(H2,17,21). The van der Waals surface area contributed by atoms with Crippen LogP contribution in [0.3, 0.4) is 0 Å². The van der Waals surface area contributed by atoms with Crippen molar-refractivity contribution in [1.29, 1.82) is 0 Å². The molecule has 1 amide bonds. The largest absolute Gasteiger partial charge is 0.366 e. The van der Waals surface area contributed by atoms with Gasteiger partial charge in [0, 0.05) is 12.1 Å². The Bertz CT molecular complexity index is 1040. The van der Waals surface area contributed by atoms with Gasteiger partial charge in [0.1, 0.15) is 11.0 Å². The van der Waals surface area contributed by atoms with Crippen LogP contribution in [0, 0.1) is 3.95 Å². The molecule has 0 fully saturated rings. The predicted octanol–water partition coefficient (Wildman–Crippen LogP) is 2.32. The molecule has 8 heteroatoms. The van der Waals surface area contributed by atoms with E-state index in [2.05, 4.69) is 11.6 Å². The van der Waals surface area contributed by atoms with Crippen molar-refractivity contribution in [3.63, 3.8) is 0 Å². The number of nitrogens with zero attached hydrogens (tertiary/aromatic N) is 3. The van der Waals surface area contributed by atoms with Gasteiger partial charge in [-0.1, -0.05) is 29.5 Å². The van der Waals surface area contributed by atoms with Crippen molar-refractivity contribution in [1.82, 2.24) is 14.1 Å². The molecule has 0 saturated heterocycles. The summed E-state index contributed by atoms with van der Waals surface area (Å²) in [7, 11) is 0. The second-order valence-electron chi connectivity index (χ2n) is 5.16. The van der Waals surface area contributed by atoms with Gasteiger partial charge in [-0.05, 0) is 29.9 Å². The van der Waals surface area contributed by atoms with Gasteiger partial charge >= 0.3 is 0 Å². The van der Waals surface area contributed by atoms with Crippen LogP contribution in [0.2, 0.25) is 0 Å². The molecule has 0 spiro atoms. The second-order valence-corrected chi connectivity index (χ2v) is 6.80. The van der Waals surface area contributed by atoms with Crippen molar-refractivity contribution in [2.24, 2.45) is 5.73 Å². The third-order valence-electron chi connectivity index (χ3n) is 3.55. The number of thiazole rings is 1. The molecule has 3 rings (SSSR count). The van der Waals surface area contributed by atoms with Crippen LogP contribution in [-0.4, -0.2) is 20.0 Å². The fourth-order valence-corrected chi connectivity index (χ4v) is 3.66. The molecule has 2 heterocycles. The smallest absolute Gasteiger partial charge is 0.273 e. The molecule has 122 valence electrons. The summed E-state index contributed by atoms with van der Waals surface area (Å²) in [6.07, 6.45) is 3.23. The number of nitrogens with two attached hydrogens (primary N) is 1. The number of rotatable bonds is 5. The van der Waals surface area contributed by atoms with E-state index in [9.17, 15) is 9.59 Å². The van der Waals surface area contributed by atoms with E-state index in [-0.39, 0.29) is 5.56 Å². The summed E-state index contributed by atoms with van der Waals surface area (Å²) in [6, 6.07) is 6.81. The third-order valence-corrected chi connectivity index (χ3v) is 4.97. The summed E-state index contributed by atoms with van der Waals surface area (Å²) in [5.41, 5.74) is 6.96. The monoisotopic (exact) mass is 358 g/mol. The summed E-state index contributed by atoms with van der Waals surface area (Å²) in [5, 5.41) is 0. The predicted molar refractivity (Wildman–Crippen MR) is 97.0 cm³/mol. The van der Waals surface area contributed by atoms with E-state index in [1.54, 1.807) is 34.9 Å². The highest BCUT2D eigenvalue weighted by molar-refractivity contribution is 7.73. The number of allylic oxidation sites excluding steroid dienone is 1. The summed E-state index contributed by atoms with van der Waals surface area (Å²) >= 11 is 6.54. The number of amides is 1. The van der Waals surface area contributed by atoms with Crippen molar-refractivity contribution in [3.8, 4) is 0 Å². The maximum absolute atomic E-state index is 12.7. The first-order chi connectivity index (χ1) is 11.5. The first-order valence-electron chi connectivity index (χ1n) is 7.09. The van der Waals surface area contributed by atoms with Gasteiger partial charge in [0.2, 0.25) is 5.91 Å². The van der Waals surface area contributed by atoms with E-state index in [0.29, 0.717) is 33.0 Å². The van der Waals surface area contributed by atoms with Gasteiger partial charge in [-0.15, -0.1) is 6.58 Å². The van der Waals surface area contributed by atoms with Crippen molar-refractivity contribution in [2.75, 3.05) is 0 Å². The zero-order chi connectivity index (χ0) is 17.3. The lowest BCUT2D eigenvalue weighted by molar-refractivity contribution is 0.100. The average Bonchev–Trinajstić information content (AvgIpc) is 2.88. The lowest BCUT2D eigenvalue weighted by Gasteiger charge is -2.06. The zero-order valence-corrected chi connectivity index (χ0v) is 14.3. The van der Waals surface area contributed by atoms with Crippen LogP contribution in [0.1, 0.15) is 15.9 Å². The van der Waals surface area contributed by atoms with E-state index in [4.69, 9.17) is 18.0 Å². The van der Waals surface area contributed by atoms with E-state index in [1.807, 2.05) is 0 Å². The highest BCUT2D eigenvalue weighted by Crippen LogP contribution is 2.18. The van der Waals surface area contributed by atoms with E-state index in [1.165, 1.54) is 22.2 Å². The molecule has 6 nitrogen and oxygen atoms in total. The van der Waals surface area contributed by atoms with Gasteiger partial charge in [-0.3, -0.25) is 14.2 Å². The normalized spacial score (nSPS) is 10.8. The summed E-state index contributed by atoms with van der Waals surface area (Å²) in [5.74, 6) is -0.481. The molecular weight excluding hydrogens is 344 g/mol. The van der Waals surface area contributed by atoms with Crippen LogP contribution in [0.25, 0.3) is 10.3 Å². The Hall–Kier alpha value is -2.58. The molecule has 0 bridgehead atoms. The van der Waals surface area contributed by atoms with E-state index < -0.39 is 5.91 Å². The number of primary amides is 1. The minimum Gasteiger partial charge on any atom is -0.366 e. The van der Waals surface area contributed by atoms with Crippen LogP contribution >= 0.6 is 23.6 Å². The van der Waals surface area contributed by atoms with Crippen molar-refractivity contribution in [2.45, 2.75) is 13.1 Å². The molecule has 0 aliphatic heterocycles. The van der Waals surface area contributed by atoms with Crippen LogP contribution in [0.4, 0.5) is 0 Å². The Morgan fingerprint density at radius 2 is 2.08 bits per heavy atom. The molecule has 24 heavy (non-hydrogen) atoms. The van der Waals surface area contributed by atoms with Gasteiger partial charge in [-0.25, -0.2) is 4.98 Å². The number of hydrogen-bond donors (Lipinski definition) is 1. The molecule has 0 unspecified atom stereocenters. The molecule has 2 N–H and O–H groups in total. The molecule has 1 aromatic carbocycles. The number of fused-ring (bicyclic) bond motifs is 1. The number of aromatic nitrogens is 3. The number of benzene rings is 1. The van der Waals surface area contributed by atoms with Gasteiger partial charge in [0.05, 0.1) is 6.54 Å². The highest BCUT2D eigenvalue weighted by atomic mass is 32.1. The third kappa shape index (κ3) is 2.93. The van der Waals surface area contributed by atoms with Gasteiger partial charge < -0.3 is 10.3 Å². The van der Waals surface area contributed by atoms with E-state index >= 15 is 0 Å². The fourth-order valence-electron chi connectivity index (χ4n) is 2.35. The second kappa shape index (κ2) is 6.50. The minimum absolute atomic E-state index is 0.141. The molecule has 0 radical (unpaired) electrons. The number of carbonyl (C=O) groups is 1. The van der Waals surface area contributed by atoms with Gasteiger partial charge in [0.15, 0.2) is 9.60 Å². The summed E-state index contributed by atoms with van der Waals surface area (Å²) < 4.78 is 4.43. The summed E-state index contributed by atoms with van der Waals surface area (Å²) in [6.45, 7) is 4.56. The lowest BCUT2D eigenvalue weighted by atomic mass is 10.1. The first-order valence-corrected chi connectivity index (χ1v) is 8.32. The molecular formula is C16H14N4O2S2. The molecule has 0 aliphatic carbocycles. The number of hydrogen-bond acceptors (Lipinski definition) is 5. The van der Waals surface area contributed by atoms with Crippen LogP contribution in [0.5, 0.6) is 0 Å². The van der Waals surface area contributed by atoms with Gasteiger partial charge in [0.25, 0.3) is 5.56 Å². The van der Waals surface area contributed by atoms with Crippen LogP contribution in [-0.2, 0) is 13.1 Å². The summed E-state index contributed by atoms with van der Waals surface area (Å²) in [4.78, 5) is 28.1. The minimum atomic E-state index is -0.481. The quantitative estimate of drug-likeness (QED) is 0.560. The maximum Gasteiger partial charge on any atom is 0.273 e.